The van der Waals surface area contributed by atoms with Gasteiger partial charge in [-0.3, -0.25) is 4.90 Å². The molecule has 1 aromatic carbocycles. The first-order chi connectivity index (χ1) is 9.54. The zero-order valence-electron chi connectivity index (χ0n) is 13.8. The molecule has 0 aromatic heterocycles. The maximum atomic E-state index is 5.25. The molecule has 0 aliphatic rings. The largest absolute Gasteiger partial charge is 0.497 e. The summed E-state index contributed by atoms with van der Waals surface area (Å²) in [6, 6.07) is 9.75. The van der Waals surface area contributed by atoms with Gasteiger partial charge in [-0.2, -0.15) is 0 Å². The predicted molar refractivity (Wildman–Crippen MR) is 86.4 cm³/mol. The van der Waals surface area contributed by atoms with E-state index in [1.807, 2.05) is 12.1 Å². The van der Waals surface area contributed by atoms with Crippen molar-refractivity contribution in [2.75, 3.05) is 20.2 Å². The van der Waals surface area contributed by atoms with Gasteiger partial charge >= 0.3 is 0 Å². The molecule has 1 aromatic rings. The van der Waals surface area contributed by atoms with E-state index in [9.17, 15) is 0 Å². The van der Waals surface area contributed by atoms with Gasteiger partial charge in [-0.15, -0.1) is 0 Å². The second-order valence-corrected chi connectivity index (χ2v) is 5.47. The first-order valence-electron chi connectivity index (χ1n) is 7.68. The van der Waals surface area contributed by atoms with E-state index in [0.29, 0.717) is 18.1 Å². The summed E-state index contributed by atoms with van der Waals surface area (Å²) in [6.07, 6.45) is 0. The molecule has 0 aliphatic heterocycles. The van der Waals surface area contributed by atoms with Crippen LogP contribution in [0, 0.1) is 0 Å². The highest BCUT2D eigenvalue weighted by Gasteiger charge is 2.25. The zero-order valence-corrected chi connectivity index (χ0v) is 13.8. The normalized spacial score (nSPS) is 14.6. The van der Waals surface area contributed by atoms with Crippen LogP contribution in [0.3, 0.4) is 0 Å². The first-order valence-corrected chi connectivity index (χ1v) is 7.68. The van der Waals surface area contributed by atoms with Gasteiger partial charge in [0.15, 0.2) is 0 Å². The van der Waals surface area contributed by atoms with Gasteiger partial charge in [-0.25, -0.2) is 0 Å². The quantitative estimate of drug-likeness (QED) is 0.788. The number of hydrogen-bond donors (Lipinski definition) is 1. The van der Waals surface area contributed by atoms with E-state index in [1.54, 1.807) is 7.11 Å². The minimum absolute atomic E-state index is 0.341. The Bertz CT molecular complexity index is 375. The standard InChI is InChI=1S/C17H30N2O/c1-7-18-17(14(5)19(8-2)13(3)4)15-9-11-16(20-6)12-10-15/h9-14,17-18H,7-8H2,1-6H3. The Morgan fingerprint density at radius 1 is 1.10 bits per heavy atom. The van der Waals surface area contributed by atoms with Crippen LogP contribution in [0.25, 0.3) is 0 Å². The van der Waals surface area contributed by atoms with E-state index in [4.69, 9.17) is 4.74 Å². The molecule has 1 N–H and O–H groups in total. The van der Waals surface area contributed by atoms with Crippen molar-refractivity contribution in [1.29, 1.82) is 0 Å². The first kappa shape index (κ1) is 17.0. The average molecular weight is 278 g/mol. The molecule has 3 nitrogen and oxygen atoms in total. The molecule has 0 fully saturated rings. The highest BCUT2D eigenvalue weighted by atomic mass is 16.5. The topological polar surface area (TPSA) is 24.5 Å². The molecule has 0 saturated carbocycles. The van der Waals surface area contributed by atoms with Crippen molar-refractivity contribution in [1.82, 2.24) is 10.2 Å². The van der Waals surface area contributed by atoms with Crippen molar-refractivity contribution in [3.8, 4) is 5.75 Å². The molecule has 0 saturated heterocycles. The average Bonchev–Trinajstić information content (AvgIpc) is 2.45. The summed E-state index contributed by atoms with van der Waals surface area (Å²) in [6.45, 7) is 13.3. The summed E-state index contributed by atoms with van der Waals surface area (Å²) in [5, 5.41) is 3.62. The summed E-state index contributed by atoms with van der Waals surface area (Å²) in [5.41, 5.74) is 1.32. The van der Waals surface area contributed by atoms with E-state index < -0.39 is 0 Å². The third-order valence-corrected chi connectivity index (χ3v) is 3.93. The fraction of sp³-hybridized carbons (Fsp3) is 0.647. The summed E-state index contributed by atoms with van der Waals surface area (Å²) in [7, 11) is 1.71. The van der Waals surface area contributed by atoms with Crippen LogP contribution in [0.2, 0.25) is 0 Å². The van der Waals surface area contributed by atoms with Gasteiger partial charge < -0.3 is 10.1 Å². The number of hydrogen-bond acceptors (Lipinski definition) is 3. The molecule has 0 bridgehead atoms. The van der Waals surface area contributed by atoms with Gasteiger partial charge in [-0.05, 0) is 51.6 Å². The Morgan fingerprint density at radius 3 is 2.10 bits per heavy atom. The summed E-state index contributed by atoms with van der Waals surface area (Å²) in [4.78, 5) is 2.53. The lowest BCUT2D eigenvalue weighted by atomic mass is 9.98. The fourth-order valence-corrected chi connectivity index (χ4v) is 2.91. The van der Waals surface area contributed by atoms with Crippen LogP contribution in [0.1, 0.15) is 46.2 Å². The third-order valence-electron chi connectivity index (χ3n) is 3.93. The number of rotatable bonds is 8. The van der Waals surface area contributed by atoms with E-state index in [1.165, 1.54) is 5.56 Å². The van der Waals surface area contributed by atoms with Crippen LogP contribution >= 0.6 is 0 Å². The van der Waals surface area contributed by atoms with Crippen LogP contribution < -0.4 is 10.1 Å². The van der Waals surface area contributed by atoms with Gasteiger partial charge in [0.1, 0.15) is 5.75 Å². The number of methoxy groups -OCH3 is 1. The Balaban J connectivity index is 2.96. The van der Waals surface area contributed by atoms with Crippen molar-refractivity contribution in [2.45, 2.75) is 52.7 Å². The minimum Gasteiger partial charge on any atom is -0.497 e. The number of likely N-dealkylation sites (N-methyl/N-ethyl adjacent to an activating group) is 2. The number of nitrogens with zero attached hydrogens (tertiary/aromatic N) is 1. The lowest BCUT2D eigenvalue weighted by Gasteiger charge is -2.37. The molecule has 2 atom stereocenters. The van der Waals surface area contributed by atoms with Crippen LogP contribution in [0.15, 0.2) is 24.3 Å². The molecule has 0 spiro atoms. The monoisotopic (exact) mass is 278 g/mol. The molecule has 0 radical (unpaired) electrons. The highest BCUT2D eigenvalue weighted by molar-refractivity contribution is 5.30. The Hall–Kier alpha value is -1.06. The van der Waals surface area contributed by atoms with Crippen molar-refractivity contribution in [3.63, 3.8) is 0 Å². The molecule has 0 aliphatic carbocycles. The van der Waals surface area contributed by atoms with Gasteiger partial charge in [-0.1, -0.05) is 26.0 Å². The smallest absolute Gasteiger partial charge is 0.118 e. The summed E-state index contributed by atoms with van der Waals surface area (Å²) < 4.78 is 5.25. The molecular weight excluding hydrogens is 248 g/mol. The number of nitrogens with one attached hydrogen (secondary N) is 1. The van der Waals surface area contributed by atoms with Crippen LogP contribution in [-0.4, -0.2) is 37.2 Å². The Kier molecular flexibility index (Phi) is 7.03. The Labute approximate surface area is 124 Å². The second kappa shape index (κ2) is 8.28. The molecule has 1 rings (SSSR count). The third kappa shape index (κ3) is 4.22. The van der Waals surface area contributed by atoms with E-state index >= 15 is 0 Å². The number of ether oxygens (including phenoxy) is 1. The van der Waals surface area contributed by atoms with Crippen molar-refractivity contribution in [2.24, 2.45) is 0 Å². The number of benzene rings is 1. The lowest BCUT2D eigenvalue weighted by Crippen LogP contribution is -2.46. The summed E-state index contributed by atoms with van der Waals surface area (Å²) in [5.74, 6) is 0.910. The van der Waals surface area contributed by atoms with E-state index in [0.717, 1.165) is 18.8 Å². The molecule has 114 valence electrons. The van der Waals surface area contributed by atoms with Gasteiger partial charge in [0.2, 0.25) is 0 Å². The SMILES string of the molecule is CCNC(c1ccc(OC)cc1)C(C)N(CC)C(C)C. The maximum absolute atomic E-state index is 5.25. The predicted octanol–water partition coefficient (Wildman–Crippen LogP) is 3.46. The van der Waals surface area contributed by atoms with Crippen LogP contribution in [0.5, 0.6) is 5.75 Å². The minimum atomic E-state index is 0.341. The highest BCUT2D eigenvalue weighted by Crippen LogP contribution is 2.24. The van der Waals surface area contributed by atoms with E-state index in [-0.39, 0.29) is 0 Å². The van der Waals surface area contributed by atoms with Gasteiger partial charge in [0.25, 0.3) is 0 Å². The molecular formula is C17H30N2O. The molecule has 2 unspecified atom stereocenters. The zero-order chi connectivity index (χ0) is 15.1. The summed E-state index contributed by atoms with van der Waals surface area (Å²) >= 11 is 0. The molecule has 20 heavy (non-hydrogen) atoms. The van der Waals surface area contributed by atoms with Gasteiger partial charge in [0.05, 0.1) is 7.11 Å². The fourth-order valence-electron chi connectivity index (χ4n) is 2.91. The maximum Gasteiger partial charge on any atom is 0.118 e. The second-order valence-electron chi connectivity index (χ2n) is 5.47. The van der Waals surface area contributed by atoms with Crippen molar-refractivity contribution >= 4 is 0 Å². The van der Waals surface area contributed by atoms with Gasteiger partial charge in [0, 0.05) is 18.1 Å². The van der Waals surface area contributed by atoms with Crippen LogP contribution in [-0.2, 0) is 0 Å². The van der Waals surface area contributed by atoms with Crippen molar-refractivity contribution < 1.29 is 4.74 Å². The molecule has 0 heterocycles. The van der Waals surface area contributed by atoms with Crippen molar-refractivity contribution in [3.05, 3.63) is 29.8 Å². The Morgan fingerprint density at radius 2 is 1.70 bits per heavy atom. The van der Waals surface area contributed by atoms with E-state index in [2.05, 4.69) is 57.0 Å². The molecule has 3 heteroatoms. The van der Waals surface area contributed by atoms with Crippen LogP contribution in [0.4, 0.5) is 0 Å². The lowest BCUT2D eigenvalue weighted by molar-refractivity contribution is 0.140. The molecule has 0 amide bonds.